The molecule has 0 saturated heterocycles. The van der Waals surface area contributed by atoms with Gasteiger partial charge in [-0.1, -0.05) is 17.3 Å². The molecule has 0 aromatic heterocycles. The number of carbonyl (C=O) groups is 1. The molecular weight excluding hydrogens is 272 g/mol. The minimum absolute atomic E-state index is 0.0683. The van der Waals surface area contributed by atoms with Gasteiger partial charge in [-0.25, -0.2) is 13.6 Å². The Kier molecular flexibility index (Phi) is 4.84. The molecule has 0 aliphatic rings. The predicted octanol–water partition coefficient (Wildman–Crippen LogP) is -1.20. The molecule has 0 atom stereocenters. The zero-order valence-electron chi connectivity index (χ0n) is 9.91. The summed E-state index contributed by atoms with van der Waals surface area (Å²) in [6, 6.07) is 5.95. The molecule has 0 spiro atoms. The maximum atomic E-state index is 11.6. The van der Waals surface area contributed by atoms with E-state index in [9.17, 15) is 13.2 Å². The number of amidine groups is 1. The summed E-state index contributed by atoms with van der Waals surface area (Å²) in [7, 11) is -3.60. The van der Waals surface area contributed by atoms with E-state index in [0.29, 0.717) is 11.1 Å². The van der Waals surface area contributed by atoms with Crippen LogP contribution in [0.15, 0.2) is 29.4 Å². The molecule has 0 aliphatic heterocycles. The van der Waals surface area contributed by atoms with Gasteiger partial charge in [0.2, 0.25) is 10.0 Å². The first-order valence-electron chi connectivity index (χ1n) is 5.20. The Morgan fingerprint density at radius 3 is 2.26 bits per heavy atom. The van der Waals surface area contributed by atoms with Crippen molar-refractivity contribution in [2.45, 2.75) is 0 Å². The first-order valence-corrected chi connectivity index (χ1v) is 6.91. The molecule has 104 valence electrons. The number of nitrogens with one attached hydrogen (secondary N) is 1. The monoisotopic (exact) mass is 286 g/mol. The second kappa shape index (κ2) is 6.16. The van der Waals surface area contributed by atoms with E-state index in [1.807, 2.05) is 0 Å². The minimum atomic E-state index is -3.60. The SMILES string of the molecule is N/C(=N\O)c1ccc(C(=O)NCCS(N)(=O)=O)cc1. The number of sulfonamides is 1. The van der Waals surface area contributed by atoms with Gasteiger partial charge in [0.1, 0.15) is 0 Å². The largest absolute Gasteiger partial charge is 0.409 e. The summed E-state index contributed by atoms with van der Waals surface area (Å²) in [6.45, 7) is -0.0698. The molecule has 9 heteroatoms. The smallest absolute Gasteiger partial charge is 0.251 e. The standard InChI is InChI=1S/C10H14N4O4S/c11-9(14-16)7-1-3-8(4-2-7)10(15)13-5-6-19(12,17)18/h1-4,16H,5-6H2,(H2,11,14)(H,13,15)(H2,12,17,18). The van der Waals surface area contributed by atoms with Crippen LogP contribution in [-0.2, 0) is 10.0 Å². The van der Waals surface area contributed by atoms with Gasteiger partial charge in [0, 0.05) is 17.7 Å². The summed E-state index contributed by atoms with van der Waals surface area (Å²) in [6.07, 6.45) is 0. The number of amides is 1. The van der Waals surface area contributed by atoms with Crippen LogP contribution >= 0.6 is 0 Å². The highest BCUT2D eigenvalue weighted by Gasteiger charge is 2.08. The second-order valence-electron chi connectivity index (χ2n) is 3.69. The summed E-state index contributed by atoms with van der Waals surface area (Å²) in [5, 5.41) is 18.5. The van der Waals surface area contributed by atoms with E-state index >= 15 is 0 Å². The van der Waals surface area contributed by atoms with Gasteiger partial charge >= 0.3 is 0 Å². The van der Waals surface area contributed by atoms with E-state index in [0.717, 1.165) is 0 Å². The van der Waals surface area contributed by atoms with Crippen molar-refractivity contribution >= 4 is 21.8 Å². The highest BCUT2D eigenvalue weighted by atomic mass is 32.2. The first kappa shape index (κ1) is 14.9. The lowest BCUT2D eigenvalue weighted by Crippen LogP contribution is -2.31. The molecule has 0 saturated carbocycles. The Balaban J connectivity index is 2.63. The molecule has 0 bridgehead atoms. The highest BCUT2D eigenvalue weighted by Crippen LogP contribution is 2.04. The van der Waals surface area contributed by atoms with Gasteiger partial charge in [-0.2, -0.15) is 0 Å². The van der Waals surface area contributed by atoms with Crippen molar-refractivity contribution < 1.29 is 18.4 Å². The topological polar surface area (TPSA) is 148 Å². The molecule has 8 nitrogen and oxygen atoms in total. The van der Waals surface area contributed by atoms with E-state index in [2.05, 4.69) is 10.5 Å². The van der Waals surface area contributed by atoms with E-state index in [4.69, 9.17) is 16.1 Å². The van der Waals surface area contributed by atoms with Gasteiger partial charge in [0.05, 0.1) is 5.75 Å². The fraction of sp³-hybridized carbons (Fsp3) is 0.200. The molecule has 0 heterocycles. The Morgan fingerprint density at radius 1 is 1.26 bits per heavy atom. The third-order valence-electron chi connectivity index (χ3n) is 2.22. The highest BCUT2D eigenvalue weighted by molar-refractivity contribution is 7.89. The van der Waals surface area contributed by atoms with Crippen LogP contribution < -0.4 is 16.2 Å². The number of benzene rings is 1. The lowest BCUT2D eigenvalue weighted by Gasteiger charge is -2.05. The molecule has 0 radical (unpaired) electrons. The quantitative estimate of drug-likeness (QED) is 0.232. The van der Waals surface area contributed by atoms with Crippen molar-refractivity contribution in [1.82, 2.24) is 5.32 Å². The van der Waals surface area contributed by atoms with E-state index in [1.54, 1.807) is 0 Å². The van der Waals surface area contributed by atoms with E-state index in [1.165, 1.54) is 24.3 Å². The van der Waals surface area contributed by atoms with Crippen LogP contribution in [0.2, 0.25) is 0 Å². The molecule has 1 aromatic rings. The number of hydrogen-bond donors (Lipinski definition) is 4. The van der Waals surface area contributed by atoms with Crippen molar-refractivity contribution in [3.8, 4) is 0 Å². The van der Waals surface area contributed by atoms with Gasteiger partial charge in [-0.15, -0.1) is 0 Å². The van der Waals surface area contributed by atoms with Gasteiger partial charge in [-0.05, 0) is 12.1 Å². The molecule has 0 aliphatic carbocycles. The summed E-state index contributed by atoms with van der Waals surface area (Å²) in [4.78, 5) is 11.6. The van der Waals surface area contributed by atoms with Crippen LogP contribution in [0, 0.1) is 0 Å². The van der Waals surface area contributed by atoms with Crippen molar-refractivity contribution in [3.63, 3.8) is 0 Å². The number of hydrogen-bond acceptors (Lipinski definition) is 5. The van der Waals surface area contributed by atoms with Gasteiger partial charge in [0.25, 0.3) is 5.91 Å². The predicted molar refractivity (Wildman–Crippen MR) is 69.3 cm³/mol. The minimum Gasteiger partial charge on any atom is -0.409 e. The van der Waals surface area contributed by atoms with Crippen molar-refractivity contribution in [2.75, 3.05) is 12.3 Å². The summed E-state index contributed by atoms with van der Waals surface area (Å²) < 4.78 is 21.4. The molecule has 0 unspecified atom stereocenters. The van der Waals surface area contributed by atoms with E-state index < -0.39 is 15.9 Å². The van der Waals surface area contributed by atoms with Gasteiger partial charge in [-0.3, -0.25) is 4.79 Å². The number of oxime groups is 1. The van der Waals surface area contributed by atoms with Crippen LogP contribution in [-0.4, -0.2) is 37.7 Å². The average molecular weight is 286 g/mol. The van der Waals surface area contributed by atoms with E-state index in [-0.39, 0.29) is 18.1 Å². The van der Waals surface area contributed by atoms with Crippen LogP contribution in [0.5, 0.6) is 0 Å². The molecule has 1 rings (SSSR count). The average Bonchev–Trinajstić information content (AvgIpc) is 2.36. The summed E-state index contributed by atoms with van der Waals surface area (Å²) in [5.74, 6) is -0.836. The van der Waals surface area contributed by atoms with Crippen LogP contribution in [0.4, 0.5) is 0 Å². The molecule has 0 fully saturated rings. The molecular formula is C10H14N4O4S. The number of carbonyl (C=O) groups excluding carboxylic acids is 1. The fourth-order valence-corrected chi connectivity index (χ4v) is 1.65. The summed E-state index contributed by atoms with van der Waals surface area (Å²) >= 11 is 0. The van der Waals surface area contributed by atoms with Crippen LogP contribution in [0.25, 0.3) is 0 Å². The Morgan fingerprint density at radius 2 is 1.79 bits per heavy atom. The fourth-order valence-electron chi connectivity index (χ4n) is 1.26. The third kappa shape index (κ3) is 4.94. The number of nitrogens with two attached hydrogens (primary N) is 2. The number of primary sulfonamides is 1. The maximum absolute atomic E-state index is 11.6. The van der Waals surface area contributed by atoms with Crippen LogP contribution in [0.1, 0.15) is 15.9 Å². The number of nitrogens with zero attached hydrogens (tertiary/aromatic N) is 1. The van der Waals surface area contributed by atoms with Crippen LogP contribution in [0.3, 0.4) is 0 Å². The molecule has 1 amide bonds. The third-order valence-corrected chi connectivity index (χ3v) is 3.00. The second-order valence-corrected chi connectivity index (χ2v) is 5.42. The lowest BCUT2D eigenvalue weighted by atomic mass is 10.1. The normalized spacial score (nSPS) is 12.2. The molecule has 1 aromatic carbocycles. The Bertz CT molecular complexity index is 580. The van der Waals surface area contributed by atoms with Crippen molar-refractivity contribution in [1.29, 1.82) is 0 Å². The van der Waals surface area contributed by atoms with Gasteiger partial charge < -0.3 is 16.3 Å². The van der Waals surface area contributed by atoms with Crippen molar-refractivity contribution in [2.24, 2.45) is 16.0 Å². The number of rotatable bonds is 5. The Hall–Kier alpha value is -2.13. The summed E-state index contributed by atoms with van der Waals surface area (Å²) in [5.41, 5.74) is 6.15. The van der Waals surface area contributed by atoms with Crippen molar-refractivity contribution in [3.05, 3.63) is 35.4 Å². The molecule has 19 heavy (non-hydrogen) atoms. The maximum Gasteiger partial charge on any atom is 0.251 e. The molecule has 6 N–H and O–H groups in total. The zero-order chi connectivity index (χ0) is 14.5. The lowest BCUT2D eigenvalue weighted by molar-refractivity contribution is 0.0956. The first-order chi connectivity index (χ1) is 8.83. The van der Waals surface area contributed by atoms with Gasteiger partial charge in [0.15, 0.2) is 5.84 Å². The Labute approximate surface area is 110 Å². The zero-order valence-corrected chi connectivity index (χ0v) is 10.7.